The lowest BCUT2D eigenvalue weighted by atomic mass is 10.0. The normalized spacial score (nSPS) is 17.3. The molecule has 1 fully saturated rings. The highest BCUT2D eigenvalue weighted by Gasteiger charge is 2.46. The molecule has 1 heterocycles. The molecule has 2 rings (SSSR count). The Morgan fingerprint density at radius 2 is 1.65 bits per heavy atom. The summed E-state index contributed by atoms with van der Waals surface area (Å²) in [5.41, 5.74) is 0.132. The molecule has 1 N–H and O–H groups in total. The fourth-order valence-electron chi connectivity index (χ4n) is 2.60. The van der Waals surface area contributed by atoms with Gasteiger partial charge in [0.25, 0.3) is 0 Å². The Balaban J connectivity index is 0.00000264. The number of piperazine rings is 1. The Morgan fingerprint density at radius 3 is 2.13 bits per heavy atom. The van der Waals surface area contributed by atoms with Gasteiger partial charge in [-0.15, -0.1) is 12.4 Å². The van der Waals surface area contributed by atoms with E-state index in [9.17, 15) is 13.2 Å². The molecule has 0 saturated carbocycles. The number of halogens is 5. The third kappa shape index (κ3) is 4.65. The van der Waals surface area contributed by atoms with Gasteiger partial charge in [-0.2, -0.15) is 13.2 Å². The first-order valence-electron chi connectivity index (χ1n) is 6.81. The number of nitrogens with one attached hydrogen (secondary N) is 1. The summed E-state index contributed by atoms with van der Waals surface area (Å²) in [4.78, 5) is 1.43. The first-order valence-corrected chi connectivity index (χ1v) is 7.60. The highest BCUT2D eigenvalue weighted by molar-refractivity contribution is 9.10. The molecule has 4 nitrogen and oxygen atoms in total. The van der Waals surface area contributed by atoms with E-state index in [1.54, 1.807) is 0 Å². The third-order valence-electron chi connectivity index (χ3n) is 3.62. The van der Waals surface area contributed by atoms with Crippen LogP contribution < -0.4 is 14.8 Å². The second-order valence-corrected chi connectivity index (χ2v) is 5.81. The number of hydrogen-bond donors (Lipinski definition) is 1. The summed E-state index contributed by atoms with van der Waals surface area (Å²) in [6, 6.07) is 1.22. The number of benzene rings is 1. The third-order valence-corrected chi connectivity index (χ3v) is 4.31. The fourth-order valence-corrected chi connectivity index (χ4v) is 3.14. The van der Waals surface area contributed by atoms with Crippen molar-refractivity contribution in [3.05, 3.63) is 22.2 Å². The van der Waals surface area contributed by atoms with E-state index in [4.69, 9.17) is 9.47 Å². The van der Waals surface area contributed by atoms with Gasteiger partial charge >= 0.3 is 6.18 Å². The molecule has 132 valence electrons. The topological polar surface area (TPSA) is 33.7 Å². The first-order chi connectivity index (χ1) is 10.4. The Hall–Kier alpha value is -0.700. The van der Waals surface area contributed by atoms with Gasteiger partial charge in [-0.05, 0) is 17.7 Å². The van der Waals surface area contributed by atoms with Gasteiger partial charge in [-0.3, -0.25) is 4.90 Å². The van der Waals surface area contributed by atoms with Crippen LogP contribution in [0.15, 0.2) is 16.6 Å². The van der Waals surface area contributed by atoms with Crippen LogP contribution in [0.2, 0.25) is 0 Å². The Bertz CT molecular complexity index is 525. The largest absolute Gasteiger partial charge is 0.493 e. The smallest absolute Gasteiger partial charge is 0.408 e. The zero-order valence-corrected chi connectivity index (χ0v) is 15.1. The lowest BCUT2D eigenvalue weighted by molar-refractivity contribution is -0.188. The molecule has 0 aromatic heterocycles. The molecule has 1 aromatic carbocycles. The molecule has 0 spiro atoms. The van der Waals surface area contributed by atoms with Crippen molar-refractivity contribution in [2.24, 2.45) is 0 Å². The second-order valence-electron chi connectivity index (χ2n) is 4.96. The Labute approximate surface area is 147 Å². The molecule has 1 aliphatic rings. The van der Waals surface area contributed by atoms with Gasteiger partial charge in [-0.25, -0.2) is 0 Å². The van der Waals surface area contributed by atoms with E-state index in [0.717, 1.165) is 0 Å². The van der Waals surface area contributed by atoms with Crippen molar-refractivity contribution in [3.63, 3.8) is 0 Å². The van der Waals surface area contributed by atoms with Crippen LogP contribution in [0.4, 0.5) is 13.2 Å². The van der Waals surface area contributed by atoms with E-state index in [0.29, 0.717) is 36.4 Å². The number of rotatable bonds is 4. The number of alkyl halides is 3. The summed E-state index contributed by atoms with van der Waals surface area (Å²) < 4.78 is 51.5. The zero-order chi connectivity index (χ0) is 16.3. The van der Waals surface area contributed by atoms with Crippen molar-refractivity contribution in [1.82, 2.24) is 10.2 Å². The zero-order valence-electron chi connectivity index (χ0n) is 12.7. The van der Waals surface area contributed by atoms with Gasteiger partial charge in [-0.1, -0.05) is 15.9 Å². The van der Waals surface area contributed by atoms with Crippen molar-refractivity contribution in [1.29, 1.82) is 0 Å². The molecule has 0 bridgehead atoms. The lowest BCUT2D eigenvalue weighted by Gasteiger charge is -2.36. The van der Waals surface area contributed by atoms with E-state index in [1.807, 2.05) is 0 Å². The maximum atomic E-state index is 13.6. The minimum Gasteiger partial charge on any atom is -0.493 e. The van der Waals surface area contributed by atoms with E-state index >= 15 is 0 Å². The number of ether oxygens (including phenoxy) is 2. The van der Waals surface area contributed by atoms with Crippen LogP contribution in [0.1, 0.15) is 11.6 Å². The van der Waals surface area contributed by atoms with Crippen LogP contribution in [-0.2, 0) is 0 Å². The Kier molecular flexibility index (Phi) is 7.44. The molecule has 0 aliphatic carbocycles. The van der Waals surface area contributed by atoms with Crippen LogP contribution in [0.25, 0.3) is 0 Å². The van der Waals surface area contributed by atoms with Crippen molar-refractivity contribution in [2.45, 2.75) is 12.2 Å². The summed E-state index contributed by atoms with van der Waals surface area (Å²) in [6.07, 6.45) is -4.38. The predicted octanol–water partition coefficient (Wildman–Crippen LogP) is 3.40. The second kappa shape index (κ2) is 8.41. The monoisotopic (exact) mass is 418 g/mol. The van der Waals surface area contributed by atoms with E-state index < -0.39 is 12.2 Å². The van der Waals surface area contributed by atoms with Crippen molar-refractivity contribution >= 4 is 28.3 Å². The molecule has 1 atom stereocenters. The minimum atomic E-state index is -4.38. The quantitative estimate of drug-likeness (QED) is 0.811. The van der Waals surface area contributed by atoms with Crippen molar-refractivity contribution in [3.8, 4) is 11.5 Å². The minimum absolute atomic E-state index is 0. The van der Waals surface area contributed by atoms with E-state index in [2.05, 4.69) is 21.2 Å². The molecule has 9 heteroatoms. The average Bonchev–Trinajstić information content (AvgIpc) is 2.48. The SMILES string of the molecule is COc1cc(Br)c([C@@H](N2CCNCC2)C(F)(F)F)cc1OC.Cl. The highest BCUT2D eigenvalue weighted by Crippen LogP contribution is 2.44. The maximum Gasteiger partial charge on any atom is 0.408 e. The van der Waals surface area contributed by atoms with Crippen LogP contribution in [-0.4, -0.2) is 51.5 Å². The van der Waals surface area contributed by atoms with Crippen LogP contribution >= 0.6 is 28.3 Å². The van der Waals surface area contributed by atoms with Crippen LogP contribution in [0.5, 0.6) is 11.5 Å². The predicted molar refractivity (Wildman–Crippen MR) is 87.7 cm³/mol. The molecule has 23 heavy (non-hydrogen) atoms. The molecular formula is C14H19BrClF3N2O2. The number of methoxy groups -OCH3 is 2. The maximum absolute atomic E-state index is 13.6. The molecule has 0 amide bonds. The summed E-state index contributed by atoms with van der Waals surface area (Å²) in [5, 5.41) is 3.06. The fraction of sp³-hybridized carbons (Fsp3) is 0.571. The standard InChI is InChI=1S/C14H18BrF3N2O2.ClH/c1-21-11-7-9(10(15)8-12(11)22-2)13(14(16,17)18)20-5-3-19-4-6-20;/h7-8,13,19H,3-6H2,1-2H3;1H/t13-;/m1./s1. The molecular weight excluding hydrogens is 401 g/mol. The first kappa shape index (κ1) is 20.3. The summed E-state index contributed by atoms with van der Waals surface area (Å²) in [5.74, 6) is 0.671. The van der Waals surface area contributed by atoms with Gasteiger partial charge < -0.3 is 14.8 Å². The van der Waals surface area contributed by atoms with Crippen molar-refractivity contribution < 1.29 is 22.6 Å². The molecule has 0 radical (unpaired) electrons. The molecule has 1 saturated heterocycles. The number of nitrogens with zero attached hydrogens (tertiary/aromatic N) is 1. The Morgan fingerprint density at radius 1 is 1.13 bits per heavy atom. The number of hydrogen-bond acceptors (Lipinski definition) is 4. The summed E-state index contributed by atoms with van der Waals surface area (Å²) in [7, 11) is 2.85. The van der Waals surface area contributed by atoms with Crippen LogP contribution in [0.3, 0.4) is 0 Å². The van der Waals surface area contributed by atoms with E-state index in [-0.39, 0.29) is 23.7 Å². The van der Waals surface area contributed by atoms with Gasteiger partial charge in [0, 0.05) is 30.7 Å². The van der Waals surface area contributed by atoms with Crippen molar-refractivity contribution in [2.75, 3.05) is 40.4 Å². The van der Waals surface area contributed by atoms with Gasteiger partial charge in [0.05, 0.1) is 14.2 Å². The summed E-state index contributed by atoms with van der Waals surface area (Å²) in [6.45, 7) is 1.75. The van der Waals surface area contributed by atoms with Gasteiger partial charge in [0.2, 0.25) is 0 Å². The molecule has 0 unspecified atom stereocenters. The van der Waals surface area contributed by atoms with Gasteiger partial charge in [0.15, 0.2) is 11.5 Å². The summed E-state index contributed by atoms with van der Waals surface area (Å²) >= 11 is 3.23. The molecule has 1 aliphatic heterocycles. The average molecular weight is 420 g/mol. The van der Waals surface area contributed by atoms with Crippen LogP contribution in [0, 0.1) is 0 Å². The lowest BCUT2D eigenvalue weighted by Crippen LogP contribution is -2.49. The van der Waals surface area contributed by atoms with Gasteiger partial charge in [0.1, 0.15) is 6.04 Å². The van der Waals surface area contributed by atoms with E-state index in [1.165, 1.54) is 31.3 Å². The molecule has 1 aromatic rings. The highest BCUT2D eigenvalue weighted by atomic mass is 79.9.